The average Bonchev–Trinajstić information content (AvgIpc) is 2.72. The lowest BCUT2D eigenvalue weighted by Crippen LogP contribution is -2.02. The minimum absolute atomic E-state index is 0.0665. The van der Waals surface area contributed by atoms with Gasteiger partial charge in [-0.1, -0.05) is 6.07 Å². The van der Waals surface area contributed by atoms with E-state index in [0.717, 1.165) is 11.4 Å². The third kappa shape index (κ3) is 2.34. The first kappa shape index (κ1) is 12.2. The summed E-state index contributed by atoms with van der Waals surface area (Å²) in [5.74, 6) is -0.285. The van der Waals surface area contributed by atoms with Crippen LogP contribution in [0.2, 0.25) is 0 Å². The SMILES string of the molecule is CCOc1cccc(-n2cc(C)c(C(=O)O)n2)c1. The molecule has 0 atom stereocenters. The van der Waals surface area contributed by atoms with E-state index in [1.165, 1.54) is 0 Å². The average molecular weight is 246 g/mol. The molecule has 0 fully saturated rings. The zero-order valence-corrected chi connectivity index (χ0v) is 10.3. The van der Waals surface area contributed by atoms with Crippen molar-refractivity contribution in [3.05, 3.63) is 41.7 Å². The number of carbonyl (C=O) groups is 1. The molecule has 1 N–H and O–H groups in total. The summed E-state index contributed by atoms with van der Waals surface area (Å²) in [7, 11) is 0. The van der Waals surface area contributed by atoms with Crippen molar-refractivity contribution in [1.82, 2.24) is 9.78 Å². The van der Waals surface area contributed by atoms with E-state index >= 15 is 0 Å². The number of nitrogens with zero attached hydrogens (tertiary/aromatic N) is 2. The van der Waals surface area contributed by atoms with Crippen LogP contribution in [0.25, 0.3) is 5.69 Å². The molecule has 94 valence electrons. The third-order valence-corrected chi connectivity index (χ3v) is 2.49. The molecule has 5 heteroatoms. The van der Waals surface area contributed by atoms with Crippen molar-refractivity contribution in [2.24, 2.45) is 0 Å². The van der Waals surface area contributed by atoms with Crippen LogP contribution in [0, 0.1) is 6.92 Å². The van der Waals surface area contributed by atoms with E-state index in [9.17, 15) is 4.79 Å². The molecule has 0 saturated carbocycles. The van der Waals surface area contributed by atoms with Crippen LogP contribution in [0.4, 0.5) is 0 Å². The Hall–Kier alpha value is -2.30. The van der Waals surface area contributed by atoms with Gasteiger partial charge in [0.25, 0.3) is 0 Å². The summed E-state index contributed by atoms with van der Waals surface area (Å²) >= 11 is 0. The van der Waals surface area contributed by atoms with Crippen molar-refractivity contribution in [3.8, 4) is 11.4 Å². The summed E-state index contributed by atoms with van der Waals surface area (Å²) in [6, 6.07) is 7.36. The van der Waals surface area contributed by atoms with Gasteiger partial charge in [0.1, 0.15) is 5.75 Å². The molecule has 0 aliphatic rings. The molecule has 2 rings (SSSR count). The molecule has 2 aromatic rings. The van der Waals surface area contributed by atoms with Crippen molar-refractivity contribution >= 4 is 5.97 Å². The van der Waals surface area contributed by atoms with E-state index in [4.69, 9.17) is 9.84 Å². The Morgan fingerprint density at radius 2 is 2.28 bits per heavy atom. The first-order chi connectivity index (χ1) is 8.61. The summed E-state index contributed by atoms with van der Waals surface area (Å²) < 4.78 is 6.94. The predicted octanol–water partition coefficient (Wildman–Crippen LogP) is 2.28. The van der Waals surface area contributed by atoms with Crippen molar-refractivity contribution in [1.29, 1.82) is 0 Å². The molecule has 5 nitrogen and oxygen atoms in total. The molecule has 0 bridgehead atoms. The van der Waals surface area contributed by atoms with Gasteiger partial charge in [0, 0.05) is 17.8 Å². The topological polar surface area (TPSA) is 64.3 Å². The predicted molar refractivity (Wildman–Crippen MR) is 66.4 cm³/mol. The fourth-order valence-electron chi connectivity index (χ4n) is 1.69. The van der Waals surface area contributed by atoms with Crippen LogP contribution in [0.15, 0.2) is 30.5 Å². The van der Waals surface area contributed by atoms with Gasteiger partial charge in [-0.25, -0.2) is 9.48 Å². The van der Waals surface area contributed by atoms with Crippen LogP contribution in [-0.4, -0.2) is 27.5 Å². The van der Waals surface area contributed by atoms with Crippen molar-refractivity contribution < 1.29 is 14.6 Å². The van der Waals surface area contributed by atoms with Gasteiger partial charge in [-0.15, -0.1) is 0 Å². The number of hydrogen-bond acceptors (Lipinski definition) is 3. The zero-order chi connectivity index (χ0) is 13.1. The van der Waals surface area contributed by atoms with Crippen molar-refractivity contribution in [2.45, 2.75) is 13.8 Å². The second kappa shape index (κ2) is 4.91. The zero-order valence-electron chi connectivity index (χ0n) is 10.3. The van der Waals surface area contributed by atoms with Gasteiger partial charge in [-0.05, 0) is 26.0 Å². The number of carboxylic acid groups (broad SMARTS) is 1. The maximum Gasteiger partial charge on any atom is 0.356 e. The number of hydrogen-bond donors (Lipinski definition) is 1. The fraction of sp³-hybridized carbons (Fsp3) is 0.231. The first-order valence-electron chi connectivity index (χ1n) is 5.64. The van der Waals surface area contributed by atoms with Gasteiger partial charge in [-0.2, -0.15) is 5.10 Å². The Morgan fingerprint density at radius 3 is 2.89 bits per heavy atom. The van der Waals surface area contributed by atoms with Crippen LogP contribution in [0.1, 0.15) is 23.0 Å². The molecular weight excluding hydrogens is 232 g/mol. The van der Waals surface area contributed by atoms with Crippen LogP contribution in [-0.2, 0) is 0 Å². The van der Waals surface area contributed by atoms with Crippen LogP contribution in [0.5, 0.6) is 5.75 Å². The van der Waals surface area contributed by atoms with Gasteiger partial charge in [0.2, 0.25) is 0 Å². The number of aromatic carboxylic acids is 1. The molecule has 18 heavy (non-hydrogen) atoms. The highest BCUT2D eigenvalue weighted by atomic mass is 16.5. The van der Waals surface area contributed by atoms with E-state index in [0.29, 0.717) is 12.2 Å². The van der Waals surface area contributed by atoms with Crippen LogP contribution >= 0.6 is 0 Å². The number of ether oxygens (including phenoxy) is 1. The summed E-state index contributed by atoms with van der Waals surface area (Å²) in [6.45, 7) is 4.22. The summed E-state index contributed by atoms with van der Waals surface area (Å²) in [5.41, 5.74) is 1.47. The highest BCUT2D eigenvalue weighted by Gasteiger charge is 2.13. The Morgan fingerprint density at radius 1 is 1.50 bits per heavy atom. The van der Waals surface area contributed by atoms with Gasteiger partial charge in [0.05, 0.1) is 12.3 Å². The van der Waals surface area contributed by atoms with Crippen LogP contribution in [0.3, 0.4) is 0 Å². The number of aryl methyl sites for hydroxylation is 1. The Labute approximate surface area is 105 Å². The summed E-state index contributed by atoms with van der Waals surface area (Å²) in [6.07, 6.45) is 1.69. The molecular formula is C13H14N2O3. The molecule has 1 heterocycles. The lowest BCUT2D eigenvalue weighted by molar-refractivity contribution is 0.0689. The summed E-state index contributed by atoms with van der Waals surface area (Å²) in [4.78, 5) is 10.9. The molecule has 0 spiro atoms. The van der Waals surface area contributed by atoms with E-state index < -0.39 is 5.97 Å². The van der Waals surface area contributed by atoms with E-state index in [-0.39, 0.29) is 5.69 Å². The standard InChI is InChI=1S/C13H14N2O3/c1-3-18-11-6-4-5-10(7-11)15-8-9(2)12(14-15)13(16)17/h4-8H,3H2,1-2H3,(H,16,17). The largest absolute Gasteiger partial charge is 0.494 e. The number of aromatic nitrogens is 2. The Kier molecular flexibility index (Phi) is 3.32. The molecule has 0 unspecified atom stereocenters. The lowest BCUT2D eigenvalue weighted by atomic mass is 10.3. The monoisotopic (exact) mass is 246 g/mol. The molecule has 0 radical (unpaired) electrons. The van der Waals surface area contributed by atoms with E-state index in [1.54, 1.807) is 17.8 Å². The number of carboxylic acids is 1. The van der Waals surface area contributed by atoms with Crippen molar-refractivity contribution in [2.75, 3.05) is 6.61 Å². The van der Waals surface area contributed by atoms with E-state index in [1.807, 2.05) is 31.2 Å². The highest BCUT2D eigenvalue weighted by Crippen LogP contribution is 2.17. The molecule has 1 aromatic heterocycles. The fourth-order valence-corrected chi connectivity index (χ4v) is 1.69. The normalized spacial score (nSPS) is 10.3. The minimum atomic E-state index is -1.02. The Balaban J connectivity index is 2.39. The lowest BCUT2D eigenvalue weighted by Gasteiger charge is -2.05. The second-order valence-corrected chi connectivity index (χ2v) is 3.84. The van der Waals surface area contributed by atoms with Crippen LogP contribution < -0.4 is 4.74 Å². The van der Waals surface area contributed by atoms with Gasteiger partial charge in [0.15, 0.2) is 5.69 Å². The number of benzene rings is 1. The number of rotatable bonds is 4. The van der Waals surface area contributed by atoms with Gasteiger partial charge in [-0.3, -0.25) is 0 Å². The summed E-state index contributed by atoms with van der Waals surface area (Å²) in [5, 5.41) is 13.0. The minimum Gasteiger partial charge on any atom is -0.494 e. The molecule has 0 saturated heterocycles. The van der Waals surface area contributed by atoms with Gasteiger partial charge >= 0.3 is 5.97 Å². The second-order valence-electron chi connectivity index (χ2n) is 3.84. The van der Waals surface area contributed by atoms with Gasteiger partial charge < -0.3 is 9.84 Å². The molecule has 0 aliphatic carbocycles. The first-order valence-corrected chi connectivity index (χ1v) is 5.64. The molecule has 1 aromatic carbocycles. The highest BCUT2D eigenvalue weighted by molar-refractivity contribution is 5.86. The maximum absolute atomic E-state index is 10.9. The maximum atomic E-state index is 10.9. The smallest absolute Gasteiger partial charge is 0.356 e. The third-order valence-electron chi connectivity index (χ3n) is 2.49. The molecule has 0 aliphatic heterocycles. The molecule has 0 amide bonds. The van der Waals surface area contributed by atoms with Crippen molar-refractivity contribution in [3.63, 3.8) is 0 Å². The van der Waals surface area contributed by atoms with E-state index in [2.05, 4.69) is 5.10 Å². The quantitative estimate of drug-likeness (QED) is 0.898. The Bertz CT molecular complexity index is 575.